The molecule has 0 spiro atoms. The molecule has 0 unspecified atom stereocenters. The molecular formula is C21H23ClN4O3S. The smallest absolute Gasteiger partial charge is 0.243 e. The SMILES string of the molecule is CCN(CC(=O)NCCNc1ccnc2cc(Cl)ccc12)S(=O)(=O)c1ccccc1. The van der Waals surface area contributed by atoms with Crippen molar-refractivity contribution >= 4 is 44.1 Å². The first-order chi connectivity index (χ1) is 14.4. The van der Waals surface area contributed by atoms with Crippen LogP contribution in [0.3, 0.4) is 0 Å². The van der Waals surface area contributed by atoms with Gasteiger partial charge >= 0.3 is 0 Å². The Morgan fingerprint density at radius 2 is 1.87 bits per heavy atom. The van der Waals surface area contributed by atoms with Crippen molar-refractivity contribution in [3.8, 4) is 0 Å². The molecule has 7 nitrogen and oxygen atoms in total. The van der Waals surface area contributed by atoms with E-state index in [1.807, 2.05) is 12.1 Å². The number of carbonyl (C=O) groups is 1. The van der Waals surface area contributed by atoms with Crippen molar-refractivity contribution in [3.63, 3.8) is 0 Å². The van der Waals surface area contributed by atoms with Gasteiger partial charge in [-0.05, 0) is 36.4 Å². The molecule has 9 heteroatoms. The third-order valence-electron chi connectivity index (χ3n) is 4.52. The van der Waals surface area contributed by atoms with Crippen molar-refractivity contribution in [2.45, 2.75) is 11.8 Å². The number of benzene rings is 2. The highest BCUT2D eigenvalue weighted by Gasteiger charge is 2.24. The topological polar surface area (TPSA) is 91.4 Å². The second-order valence-corrected chi connectivity index (χ2v) is 8.92. The number of aromatic nitrogens is 1. The average Bonchev–Trinajstić information content (AvgIpc) is 2.75. The van der Waals surface area contributed by atoms with Gasteiger partial charge in [0.05, 0.1) is 17.0 Å². The van der Waals surface area contributed by atoms with Gasteiger partial charge < -0.3 is 10.6 Å². The minimum absolute atomic E-state index is 0.172. The zero-order valence-corrected chi connectivity index (χ0v) is 18.1. The zero-order valence-electron chi connectivity index (χ0n) is 16.5. The first kappa shape index (κ1) is 22.0. The van der Waals surface area contributed by atoms with E-state index in [0.29, 0.717) is 18.1 Å². The van der Waals surface area contributed by atoms with Crippen LogP contribution in [0.1, 0.15) is 6.92 Å². The summed E-state index contributed by atoms with van der Waals surface area (Å²) in [5.41, 5.74) is 1.66. The number of likely N-dealkylation sites (N-methyl/N-ethyl adjacent to an activating group) is 1. The van der Waals surface area contributed by atoms with E-state index >= 15 is 0 Å². The number of hydrogen-bond donors (Lipinski definition) is 2. The molecule has 0 fully saturated rings. The number of anilines is 1. The molecular weight excluding hydrogens is 424 g/mol. The van der Waals surface area contributed by atoms with Crippen LogP contribution in [-0.4, -0.2) is 49.8 Å². The Balaban J connectivity index is 1.54. The Labute approximate surface area is 181 Å². The van der Waals surface area contributed by atoms with Crippen LogP contribution < -0.4 is 10.6 Å². The second kappa shape index (κ2) is 9.88. The molecule has 0 bridgehead atoms. The minimum atomic E-state index is -3.71. The number of nitrogens with one attached hydrogen (secondary N) is 2. The summed E-state index contributed by atoms with van der Waals surface area (Å²) < 4.78 is 26.5. The lowest BCUT2D eigenvalue weighted by molar-refractivity contribution is -0.121. The number of nitrogens with zero attached hydrogens (tertiary/aromatic N) is 2. The van der Waals surface area contributed by atoms with Crippen LogP contribution in [0.25, 0.3) is 10.9 Å². The highest BCUT2D eigenvalue weighted by molar-refractivity contribution is 7.89. The van der Waals surface area contributed by atoms with Crippen LogP contribution in [0.5, 0.6) is 0 Å². The number of carbonyl (C=O) groups excluding carboxylic acids is 1. The lowest BCUT2D eigenvalue weighted by Gasteiger charge is -2.20. The van der Waals surface area contributed by atoms with Gasteiger partial charge in [0.15, 0.2) is 0 Å². The maximum atomic E-state index is 12.7. The third kappa shape index (κ3) is 5.27. The van der Waals surface area contributed by atoms with Crippen molar-refractivity contribution in [2.75, 3.05) is 31.5 Å². The van der Waals surface area contributed by atoms with E-state index < -0.39 is 10.0 Å². The highest BCUT2D eigenvalue weighted by Crippen LogP contribution is 2.24. The Morgan fingerprint density at radius 3 is 2.60 bits per heavy atom. The Hall–Kier alpha value is -2.68. The lowest BCUT2D eigenvalue weighted by Crippen LogP contribution is -2.41. The number of rotatable bonds is 9. The van der Waals surface area contributed by atoms with E-state index in [4.69, 9.17) is 11.6 Å². The molecule has 3 rings (SSSR count). The van der Waals surface area contributed by atoms with Gasteiger partial charge in [-0.2, -0.15) is 4.31 Å². The molecule has 1 aromatic heterocycles. The largest absolute Gasteiger partial charge is 0.383 e. The Kier molecular flexibility index (Phi) is 7.25. The van der Waals surface area contributed by atoms with Crippen molar-refractivity contribution < 1.29 is 13.2 Å². The fourth-order valence-corrected chi connectivity index (χ4v) is 4.59. The summed E-state index contributed by atoms with van der Waals surface area (Å²) in [6, 6.07) is 15.4. The molecule has 2 aromatic carbocycles. The molecule has 0 aliphatic rings. The first-order valence-corrected chi connectivity index (χ1v) is 11.3. The van der Waals surface area contributed by atoms with Gasteiger partial charge in [0.2, 0.25) is 15.9 Å². The van der Waals surface area contributed by atoms with E-state index in [1.165, 1.54) is 12.1 Å². The maximum absolute atomic E-state index is 12.7. The van der Waals surface area contributed by atoms with Gasteiger partial charge in [-0.15, -0.1) is 0 Å². The van der Waals surface area contributed by atoms with Gasteiger partial charge in [-0.1, -0.05) is 36.7 Å². The van der Waals surface area contributed by atoms with Crippen molar-refractivity contribution in [1.29, 1.82) is 0 Å². The van der Waals surface area contributed by atoms with E-state index in [1.54, 1.807) is 43.5 Å². The number of pyridine rings is 1. The summed E-state index contributed by atoms with van der Waals surface area (Å²) in [7, 11) is -3.71. The van der Waals surface area contributed by atoms with Gasteiger partial charge in [0.1, 0.15) is 0 Å². The molecule has 3 aromatic rings. The monoisotopic (exact) mass is 446 g/mol. The summed E-state index contributed by atoms with van der Waals surface area (Å²) in [4.78, 5) is 16.7. The molecule has 1 amide bonds. The number of sulfonamides is 1. The number of hydrogen-bond acceptors (Lipinski definition) is 5. The predicted molar refractivity (Wildman–Crippen MR) is 119 cm³/mol. The van der Waals surface area contributed by atoms with E-state index in [9.17, 15) is 13.2 Å². The van der Waals surface area contributed by atoms with Crippen LogP contribution >= 0.6 is 11.6 Å². The van der Waals surface area contributed by atoms with Crippen molar-refractivity contribution in [2.24, 2.45) is 0 Å². The Morgan fingerprint density at radius 1 is 1.10 bits per heavy atom. The molecule has 2 N–H and O–H groups in total. The van der Waals surface area contributed by atoms with E-state index in [-0.39, 0.29) is 23.9 Å². The van der Waals surface area contributed by atoms with Crippen LogP contribution in [0.15, 0.2) is 65.7 Å². The second-order valence-electron chi connectivity index (χ2n) is 6.54. The fourth-order valence-electron chi connectivity index (χ4n) is 3.00. The van der Waals surface area contributed by atoms with E-state index in [0.717, 1.165) is 20.9 Å². The number of fused-ring (bicyclic) bond motifs is 1. The summed E-state index contributed by atoms with van der Waals surface area (Å²) in [5.74, 6) is -0.357. The van der Waals surface area contributed by atoms with Gasteiger partial charge in [0, 0.05) is 41.9 Å². The fraction of sp³-hybridized carbons (Fsp3) is 0.238. The summed E-state index contributed by atoms with van der Waals surface area (Å²) in [5, 5.41) is 7.56. The molecule has 0 saturated carbocycles. The molecule has 1 heterocycles. The highest BCUT2D eigenvalue weighted by atomic mass is 35.5. The zero-order chi connectivity index (χ0) is 21.6. The maximum Gasteiger partial charge on any atom is 0.243 e. The number of amides is 1. The minimum Gasteiger partial charge on any atom is -0.383 e. The van der Waals surface area contributed by atoms with Gasteiger partial charge in [-0.25, -0.2) is 8.42 Å². The number of halogens is 1. The van der Waals surface area contributed by atoms with Crippen LogP contribution in [0.4, 0.5) is 5.69 Å². The van der Waals surface area contributed by atoms with Crippen LogP contribution in [0, 0.1) is 0 Å². The molecule has 30 heavy (non-hydrogen) atoms. The predicted octanol–water partition coefficient (Wildman–Crippen LogP) is 3.13. The van der Waals surface area contributed by atoms with Crippen molar-refractivity contribution in [3.05, 3.63) is 65.8 Å². The molecule has 0 saturated heterocycles. The molecule has 0 aliphatic heterocycles. The van der Waals surface area contributed by atoms with E-state index in [2.05, 4.69) is 15.6 Å². The standard InChI is InChI=1S/C21H23ClN4O3S/c1-2-26(30(28,29)17-6-4-3-5-7-17)15-21(27)25-13-12-24-19-10-11-23-20-14-16(22)8-9-18(19)20/h3-11,14H,2,12-13,15H2,1H3,(H,23,24)(H,25,27). The molecule has 0 atom stereocenters. The summed E-state index contributed by atoms with van der Waals surface area (Å²) >= 11 is 6.00. The van der Waals surface area contributed by atoms with Crippen LogP contribution in [0.2, 0.25) is 5.02 Å². The Bertz CT molecular complexity index is 1120. The van der Waals surface area contributed by atoms with Crippen LogP contribution in [-0.2, 0) is 14.8 Å². The van der Waals surface area contributed by atoms with Gasteiger partial charge in [0.25, 0.3) is 0 Å². The quantitative estimate of drug-likeness (QED) is 0.493. The van der Waals surface area contributed by atoms with Crippen molar-refractivity contribution in [1.82, 2.24) is 14.6 Å². The molecule has 158 valence electrons. The average molecular weight is 447 g/mol. The first-order valence-electron chi connectivity index (χ1n) is 9.52. The lowest BCUT2D eigenvalue weighted by atomic mass is 10.2. The third-order valence-corrected chi connectivity index (χ3v) is 6.69. The summed E-state index contributed by atoms with van der Waals surface area (Å²) in [6.45, 7) is 2.50. The normalized spacial score (nSPS) is 11.6. The molecule has 0 aliphatic carbocycles. The molecule has 0 radical (unpaired) electrons. The summed E-state index contributed by atoms with van der Waals surface area (Å²) in [6.07, 6.45) is 1.69. The van der Waals surface area contributed by atoms with Gasteiger partial charge in [-0.3, -0.25) is 9.78 Å².